The summed E-state index contributed by atoms with van der Waals surface area (Å²) < 4.78 is 5.35. The van der Waals surface area contributed by atoms with Gasteiger partial charge in [-0.25, -0.2) is 0 Å². The highest BCUT2D eigenvalue weighted by atomic mass is 35.5. The number of halogens is 1. The van der Waals surface area contributed by atoms with Crippen LogP contribution in [0.25, 0.3) is 0 Å². The van der Waals surface area contributed by atoms with Crippen molar-refractivity contribution in [3.05, 3.63) is 34.9 Å². The molecule has 0 spiro atoms. The van der Waals surface area contributed by atoms with Crippen LogP contribution in [0, 0.1) is 5.92 Å². The standard InChI is InChI=1S/C17H20ClNO3/c18-13-6-4-12(5-7-13)16(20)14-2-1-3-15(17(14)21)19-8-10-22-11-9-19/h4-7,14-15H,1-3,8-11H2. The van der Waals surface area contributed by atoms with Crippen LogP contribution in [0.5, 0.6) is 0 Å². The van der Waals surface area contributed by atoms with E-state index in [2.05, 4.69) is 4.90 Å². The predicted octanol–water partition coefficient (Wildman–Crippen LogP) is 2.59. The lowest BCUT2D eigenvalue weighted by molar-refractivity contribution is -0.131. The molecule has 0 amide bonds. The molecule has 2 unspecified atom stereocenters. The van der Waals surface area contributed by atoms with Crippen LogP contribution in [-0.4, -0.2) is 48.8 Å². The average Bonchev–Trinajstić information content (AvgIpc) is 2.56. The number of rotatable bonds is 3. The lowest BCUT2D eigenvalue weighted by Crippen LogP contribution is -2.51. The molecule has 1 aromatic carbocycles. The molecule has 2 aliphatic rings. The van der Waals surface area contributed by atoms with Crippen LogP contribution < -0.4 is 0 Å². The van der Waals surface area contributed by atoms with Gasteiger partial charge in [0.05, 0.1) is 25.2 Å². The number of benzene rings is 1. The second-order valence-electron chi connectivity index (χ2n) is 5.92. The fourth-order valence-electron chi connectivity index (χ4n) is 3.36. The highest BCUT2D eigenvalue weighted by Gasteiger charge is 2.39. The maximum Gasteiger partial charge on any atom is 0.173 e. The van der Waals surface area contributed by atoms with Gasteiger partial charge in [-0.05, 0) is 37.1 Å². The Kier molecular flexibility index (Phi) is 4.91. The lowest BCUT2D eigenvalue weighted by atomic mass is 9.79. The molecule has 0 aromatic heterocycles. The van der Waals surface area contributed by atoms with Crippen molar-refractivity contribution in [1.82, 2.24) is 4.90 Å². The summed E-state index contributed by atoms with van der Waals surface area (Å²) in [5, 5.41) is 0.595. The molecule has 1 heterocycles. The van der Waals surface area contributed by atoms with Crippen LogP contribution in [-0.2, 0) is 9.53 Å². The molecule has 1 saturated heterocycles. The van der Waals surface area contributed by atoms with Crippen molar-refractivity contribution in [2.45, 2.75) is 25.3 Å². The zero-order chi connectivity index (χ0) is 15.5. The Bertz CT molecular complexity index is 552. The van der Waals surface area contributed by atoms with Gasteiger partial charge < -0.3 is 4.74 Å². The minimum Gasteiger partial charge on any atom is -0.379 e. The van der Waals surface area contributed by atoms with Gasteiger partial charge in [0.2, 0.25) is 0 Å². The van der Waals surface area contributed by atoms with Crippen molar-refractivity contribution in [3.63, 3.8) is 0 Å². The number of hydrogen-bond donors (Lipinski definition) is 0. The van der Waals surface area contributed by atoms with Crippen LogP contribution >= 0.6 is 11.6 Å². The Morgan fingerprint density at radius 1 is 1.14 bits per heavy atom. The number of morpholine rings is 1. The summed E-state index contributed by atoms with van der Waals surface area (Å²) >= 11 is 5.86. The molecule has 3 rings (SSSR count). The molecule has 1 aliphatic heterocycles. The zero-order valence-electron chi connectivity index (χ0n) is 12.5. The third-order valence-electron chi connectivity index (χ3n) is 4.57. The Labute approximate surface area is 135 Å². The minimum absolute atomic E-state index is 0.0698. The molecule has 0 radical (unpaired) electrons. The first kappa shape index (κ1) is 15.7. The molecule has 1 aromatic rings. The maximum atomic E-state index is 12.8. The summed E-state index contributed by atoms with van der Waals surface area (Å²) in [6, 6.07) is 6.68. The van der Waals surface area contributed by atoms with E-state index >= 15 is 0 Å². The first-order chi connectivity index (χ1) is 10.7. The van der Waals surface area contributed by atoms with Gasteiger partial charge in [-0.15, -0.1) is 0 Å². The van der Waals surface area contributed by atoms with E-state index in [4.69, 9.17) is 16.3 Å². The first-order valence-electron chi connectivity index (χ1n) is 7.82. The molecule has 0 bridgehead atoms. The van der Waals surface area contributed by atoms with E-state index in [1.54, 1.807) is 24.3 Å². The van der Waals surface area contributed by atoms with Crippen LogP contribution in [0.1, 0.15) is 29.6 Å². The molecule has 2 fully saturated rings. The van der Waals surface area contributed by atoms with Gasteiger partial charge in [-0.2, -0.15) is 0 Å². The monoisotopic (exact) mass is 321 g/mol. The van der Waals surface area contributed by atoms with Crippen LogP contribution in [0.15, 0.2) is 24.3 Å². The van der Waals surface area contributed by atoms with Gasteiger partial charge in [0.25, 0.3) is 0 Å². The van der Waals surface area contributed by atoms with Gasteiger partial charge in [-0.1, -0.05) is 18.0 Å². The normalized spacial score (nSPS) is 26.9. The quantitative estimate of drug-likeness (QED) is 0.634. The molecular weight excluding hydrogens is 302 g/mol. The SMILES string of the molecule is O=C(c1ccc(Cl)cc1)C1CCCC(N2CCOCC2)C1=O. The molecule has 0 N–H and O–H groups in total. The number of carbonyl (C=O) groups is 2. The van der Waals surface area contributed by atoms with E-state index in [1.165, 1.54) is 0 Å². The van der Waals surface area contributed by atoms with E-state index in [-0.39, 0.29) is 17.6 Å². The Morgan fingerprint density at radius 2 is 1.82 bits per heavy atom. The van der Waals surface area contributed by atoms with Crippen molar-refractivity contribution in [3.8, 4) is 0 Å². The van der Waals surface area contributed by atoms with Gasteiger partial charge in [0, 0.05) is 23.7 Å². The fraction of sp³-hybridized carbons (Fsp3) is 0.529. The molecular formula is C17H20ClNO3. The molecule has 22 heavy (non-hydrogen) atoms. The number of Topliss-reactive ketones (excluding diaryl/α,β-unsaturated/α-hetero) is 2. The smallest absolute Gasteiger partial charge is 0.173 e. The van der Waals surface area contributed by atoms with E-state index < -0.39 is 5.92 Å². The molecule has 1 aliphatic carbocycles. The van der Waals surface area contributed by atoms with E-state index in [0.29, 0.717) is 30.2 Å². The number of carbonyl (C=O) groups excluding carboxylic acids is 2. The molecule has 1 saturated carbocycles. The highest BCUT2D eigenvalue weighted by Crippen LogP contribution is 2.28. The third-order valence-corrected chi connectivity index (χ3v) is 4.83. The van der Waals surface area contributed by atoms with Gasteiger partial charge in [0.1, 0.15) is 0 Å². The Hall–Kier alpha value is -1.23. The summed E-state index contributed by atoms with van der Waals surface area (Å²) in [4.78, 5) is 27.6. The van der Waals surface area contributed by atoms with Crippen molar-refractivity contribution in [2.75, 3.05) is 26.3 Å². The summed E-state index contributed by atoms with van der Waals surface area (Å²) in [5.74, 6) is -0.504. The van der Waals surface area contributed by atoms with Crippen LogP contribution in [0.4, 0.5) is 0 Å². The summed E-state index contributed by atoms with van der Waals surface area (Å²) in [6.45, 7) is 2.88. The van der Waals surface area contributed by atoms with Gasteiger partial charge >= 0.3 is 0 Å². The number of nitrogens with zero attached hydrogens (tertiary/aromatic N) is 1. The van der Waals surface area contributed by atoms with Crippen molar-refractivity contribution in [2.24, 2.45) is 5.92 Å². The summed E-state index contributed by atoms with van der Waals surface area (Å²) in [6.07, 6.45) is 2.42. The van der Waals surface area contributed by atoms with E-state index in [9.17, 15) is 9.59 Å². The second-order valence-corrected chi connectivity index (χ2v) is 6.36. The van der Waals surface area contributed by atoms with Crippen LogP contribution in [0.3, 0.4) is 0 Å². The lowest BCUT2D eigenvalue weighted by Gasteiger charge is -2.37. The van der Waals surface area contributed by atoms with Crippen molar-refractivity contribution in [1.29, 1.82) is 0 Å². The van der Waals surface area contributed by atoms with Gasteiger partial charge in [-0.3, -0.25) is 14.5 Å². The second kappa shape index (κ2) is 6.90. The number of hydrogen-bond acceptors (Lipinski definition) is 4. The topological polar surface area (TPSA) is 46.6 Å². The van der Waals surface area contributed by atoms with E-state index in [1.807, 2.05) is 0 Å². The molecule has 118 valence electrons. The molecule has 4 nitrogen and oxygen atoms in total. The highest BCUT2D eigenvalue weighted by molar-refractivity contribution is 6.30. The fourth-order valence-corrected chi connectivity index (χ4v) is 3.49. The molecule has 2 atom stereocenters. The number of ether oxygens (including phenoxy) is 1. The summed E-state index contributed by atoms with van der Waals surface area (Å²) in [7, 11) is 0. The maximum absolute atomic E-state index is 12.8. The largest absolute Gasteiger partial charge is 0.379 e. The van der Waals surface area contributed by atoms with Crippen molar-refractivity contribution < 1.29 is 14.3 Å². The Balaban J connectivity index is 1.74. The predicted molar refractivity (Wildman–Crippen MR) is 84.3 cm³/mol. The first-order valence-corrected chi connectivity index (χ1v) is 8.20. The van der Waals surface area contributed by atoms with Crippen LogP contribution in [0.2, 0.25) is 5.02 Å². The summed E-state index contributed by atoms with van der Waals surface area (Å²) in [5.41, 5.74) is 0.574. The molecule has 5 heteroatoms. The Morgan fingerprint density at radius 3 is 2.50 bits per heavy atom. The third kappa shape index (κ3) is 3.24. The van der Waals surface area contributed by atoms with Gasteiger partial charge in [0.15, 0.2) is 11.6 Å². The van der Waals surface area contributed by atoms with Crippen molar-refractivity contribution >= 4 is 23.2 Å². The average molecular weight is 322 g/mol. The minimum atomic E-state index is -0.511. The zero-order valence-corrected chi connectivity index (χ0v) is 13.2. The van der Waals surface area contributed by atoms with E-state index in [0.717, 1.165) is 25.9 Å². The number of ketones is 2.